The largest absolute Gasteiger partial charge is 0.497 e. The number of aryl methyl sites for hydroxylation is 1. The predicted octanol–water partition coefficient (Wildman–Crippen LogP) is 3.39. The van der Waals surface area contributed by atoms with Gasteiger partial charge >= 0.3 is 5.97 Å². The van der Waals surface area contributed by atoms with E-state index in [0.29, 0.717) is 22.7 Å². The average Bonchev–Trinajstić information content (AvgIpc) is 2.87. The highest BCUT2D eigenvalue weighted by Crippen LogP contribution is 2.38. The molecule has 1 amide bonds. The van der Waals surface area contributed by atoms with Crippen LogP contribution in [-0.2, 0) is 19.6 Å². The molecule has 1 aliphatic heterocycles. The first kappa shape index (κ1) is 24.1. The molecule has 0 aliphatic carbocycles. The third-order valence-electron chi connectivity index (χ3n) is 5.50. The zero-order chi connectivity index (χ0) is 25.2. The molecule has 1 atom stereocenters. The number of nitrogens with one attached hydrogen (secondary N) is 1. The molecule has 0 saturated heterocycles. The van der Waals surface area contributed by atoms with Crippen LogP contribution < -0.4 is 19.1 Å². The van der Waals surface area contributed by atoms with Crippen LogP contribution in [-0.4, -0.2) is 47.2 Å². The standard InChI is InChI=1S/C25H24N2O7S/c1-16-4-13-21-22(14-16)34-23(24(28)26-18-7-5-17(6-8-18)25(29)33-3)15-27(21)35(30,31)20-11-9-19(32-2)10-12-20/h4-14,23H,15H2,1-3H3,(H,26,28)/t23-/m0/s1. The molecule has 0 radical (unpaired) electrons. The first-order valence-electron chi connectivity index (χ1n) is 10.7. The number of carbonyl (C=O) groups is 2. The number of hydrogen-bond donors (Lipinski definition) is 1. The highest BCUT2D eigenvalue weighted by molar-refractivity contribution is 7.92. The maximum absolute atomic E-state index is 13.5. The lowest BCUT2D eigenvalue weighted by Gasteiger charge is -2.35. The molecule has 0 fully saturated rings. The van der Waals surface area contributed by atoms with Crippen molar-refractivity contribution in [1.82, 2.24) is 0 Å². The number of methoxy groups -OCH3 is 2. The Labute approximate surface area is 203 Å². The van der Waals surface area contributed by atoms with Gasteiger partial charge in [-0.1, -0.05) is 6.07 Å². The van der Waals surface area contributed by atoms with Gasteiger partial charge in [0.1, 0.15) is 11.5 Å². The van der Waals surface area contributed by atoms with E-state index in [4.69, 9.17) is 9.47 Å². The fourth-order valence-electron chi connectivity index (χ4n) is 3.63. The number of carbonyl (C=O) groups excluding carboxylic acids is 2. The van der Waals surface area contributed by atoms with Crippen LogP contribution in [0.1, 0.15) is 15.9 Å². The molecule has 3 aromatic carbocycles. The fourth-order valence-corrected chi connectivity index (χ4v) is 5.11. The second-order valence-electron chi connectivity index (χ2n) is 7.85. The summed E-state index contributed by atoms with van der Waals surface area (Å²) in [7, 11) is -1.23. The number of sulfonamides is 1. The number of hydrogen-bond acceptors (Lipinski definition) is 7. The highest BCUT2D eigenvalue weighted by Gasteiger charge is 2.37. The normalized spacial score (nSPS) is 14.9. The summed E-state index contributed by atoms with van der Waals surface area (Å²) in [5, 5.41) is 2.71. The van der Waals surface area contributed by atoms with Gasteiger partial charge < -0.3 is 19.5 Å². The van der Waals surface area contributed by atoms with E-state index >= 15 is 0 Å². The number of ether oxygens (including phenoxy) is 3. The van der Waals surface area contributed by atoms with Gasteiger partial charge in [-0.05, 0) is 73.2 Å². The SMILES string of the molecule is COC(=O)c1ccc(NC(=O)[C@@H]2CN(S(=O)(=O)c3ccc(OC)cc3)c3ccc(C)cc3O2)cc1. The number of rotatable bonds is 6. The van der Waals surface area contributed by atoms with Crippen LogP contribution in [0.15, 0.2) is 71.6 Å². The van der Waals surface area contributed by atoms with Crippen LogP contribution in [0, 0.1) is 6.92 Å². The molecule has 0 bridgehead atoms. The summed E-state index contributed by atoms with van der Waals surface area (Å²) in [6, 6.07) is 17.3. The van der Waals surface area contributed by atoms with Gasteiger partial charge in [-0.25, -0.2) is 13.2 Å². The van der Waals surface area contributed by atoms with E-state index < -0.39 is 28.0 Å². The lowest BCUT2D eigenvalue weighted by molar-refractivity contribution is -0.122. The van der Waals surface area contributed by atoms with Crippen molar-refractivity contribution in [2.75, 3.05) is 30.4 Å². The number of fused-ring (bicyclic) bond motifs is 1. The summed E-state index contributed by atoms with van der Waals surface area (Å²) in [5.74, 6) is -0.213. The summed E-state index contributed by atoms with van der Waals surface area (Å²) in [6.45, 7) is 1.62. The highest BCUT2D eigenvalue weighted by atomic mass is 32.2. The predicted molar refractivity (Wildman–Crippen MR) is 130 cm³/mol. The Morgan fingerprint density at radius 1 is 1.00 bits per heavy atom. The van der Waals surface area contributed by atoms with E-state index in [9.17, 15) is 18.0 Å². The average molecular weight is 497 g/mol. The minimum atomic E-state index is -4.00. The molecule has 4 rings (SSSR count). The number of esters is 1. The summed E-state index contributed by atoms with van der Waals surface area (Å²) in [6.07, 6.45) is -1.11. The van der Waals surface area contributed by atoms with Crippen molar-refractivity contribution in [1.29, 1.82) is 0 Å². The fraction of sp³-hybridized carbons (Fsp3) is 0.200. The zero-order valence-corrected chi connectivity index (χ0v) is 20.2. The Balaban J connectivity index is 1.62. The molecule has 3 aromatic rings. The van der Waals surface area contributed by atoms with Crippen molar-refractivity contribution in [3.63, 3.8) is 0 Å². The van der Waals surface area contributed by atoms with Crippen LogP contribution in [0.5, 0.6) is 11.5 Å². The molecule has 0 unspecified atom stereocenters. The van der Waals surface area contributed by atoms with E-state index in [2.05, 4.69) is 10.1 Å². The molecular weight excluding hydrogens is 472 g/mol. The van der Waals surface area contributed by atoms with Gasteiger partial charge in [0.05, 0.1) is 36.9 Å². The third kappa shape index (κ3) is 4.92. The third-order valence-corrected chi connectivity index (χ3v) is 7.29. The second kappa shape index (κ2) is 9.67. The van der Waals surface area contributed by atoms with E-state index in [1.807, 2.05) is 6.92 Å². The lowest BCUT2D eigenvalue weighted by Crippen LogP contribution is -2.48. The molecule has 9 nitrogen and oxygen atoms in total. The molecule has 1 heterocycles. The topological polar surface area (TPSA) is 111 Å². The van der Waals surface area contributed by atoms with Gasteiger partial charge in [-0.2, -0.15) is 0 Å². The van der Waals surface area contributed by atoms with Gasteiger partial charge in [0.2, 0.25) is 0 Å². The monoisotopic (exact) mass is 496 g/mol. The Morgan fingerprint density at radius 3 is 2.31 bits per heavy atom. The quantitative estimate of drug-likeness (QED) is 0.521. The molecule has 10 heteroatoms. The molecule has 0 spiro atoms. The van der Waals surface area contributed by atoms with Gasteiger partial charge in [-0.15, -0.1) is 0 Å². The zero-order valence-electron chi connectivity index (χ0n) is 19.3. The van der Waals surface area contributed by atoms with Crippen molar-refractivity contribution in [2.45, 2.75) is 17.9 Å². The molecule has 35 heavy (non-hydrogen) atoms. The summed E-state index contributed by atoms with van der Waals surface area (Å²) in [4.78, 5) is 24.7. The van der Waals surface area contributed by atoms with Gasteiger partial charge in [-0.3, -0.25) is 9.10 Å². The Kier molecular flexibility index (Phi) is 6.65. The van der Waals surface area contributed by atoms with Gasteiger partial charge in [0.15, 0.2) is 6.10 Å². The van der Waals surface area contributed by atoms with Crippen LogP contribution in [0.3, 0.4) is 0 Å². The molecule has 1 aliphatic rings. The second-order valence-corrected chi connectivity index (χ2v) is 9.71. The maximum atomic E-state index is 13.5. The molecule has 182 valence electrons. The number of benzene rings is 3. The molecular formula is C25H24N2O7S. The molecule has 0 aromatic heterocycles. The summed E-state index contributed by atoms with van der Waals surface area (Å²) in [5.41, 5.74) is 1.95. The van der Waals surface area contributed by atoms with Crippen LogP contribution in [0.4, 0.5) is 11.4 Å². The van der Waals surface area contributed by atoms with Gasteiger partial charge in [0, 0.05) is 5.69 Å². The Morgan fingerprint density at radius 2 is 1.69 bits per heavy atom. The molecule has 1 N–H and O–H groups in total. The number of amides is 1. The van der Waals surface area contributed by atoms with Crippen LogP contribution in [0.2, 0.25) is 0 Å². The van der Waals surface area contributed by atoms with E-state index in [1.54, 1.807) is 42.5 Å². The number of nitrogens with zero attached hydrogens (tertiary/aromatic N) is 1. The lowest BCUT2D eigenvalue weighted by atomic mass is 10.1. The van der Waals surface area contributed by atoms with Crippen LogP contribution >= 0.6 is 0 Å². The Hall–Kier alpha value is -4.05. The summed E-state index contributed by atoms with van der Waals surface area (Å²) < 4.78 is 44.0. The van der Waals surface area contributed by atoms with Crippen molar-refractivity contribution in [3.8, 4) is 11.5 Å². The van der Waals surface area contributed by atoms with Crippen molar-refractivity contribution in [2.24, 2.45) is 0 Å². The van der Waals surface area contributed by atoms with Crippen LogP contribution in [0.25, 0.3) is 0 Å². The Bertz CT molecular complexity index is 1350. The minimum Gasteiger partial charge on any atom is -0.497 e. The van der Waals surface area contributed by atoms with E-state index in [0.717, 1.165) is 5.56 Å². The van der Waals surface area contributed by atoms with E-state index in [-0.39, 0.29) is 17.2 Å². The summed E-state index contributed by atoms with van der Waals surface area (Å²) >= 11 is 0. The first-order valence-corrected chi connectivity index (χ1v) is 12.1. The smallest absolute Gasteiger partial charge is 0.337 e. The van der Waals surface area contributed by atoms with E-state index in [1.165, 1.54) is 42.8 Å². The first-order chi connectivity index (χ1) is 16.7. The molecule has 0 saturated carbocycles. The van der Waals surface area contributed by atoms with Crippen molar-refractivity contribution >= 4 is 33.3 Å². The van der Waals surface area contributed by atoms with Gasteiger partial charge in [0.25, 0.3) is 15.9 Å². The van der Waals surface area contributed by atoms with Crippen molar-refractivity contribution < 1.29 is 32.2 Å². The maximum Gasteiger partial charge on any atom is 0.337 e. The van der Waals surface area contributed by atoms with Crippen molar-refractivity contribution in [3.05, 3.63) is 77.9 Å². The minimum absolute atomic E-state index is 0.0595. The number of anilines is 2.